The maximum atomic E-state index is 11.5. The second kappa shape index (κ2) is 8.26. The summed E-state index contributed by atoms with van der Waals surface area (Å²) in [7, 11) is 0. The third-order valence-electron chi connectivity index (χ3n) is 3.52. The van der Waals surface area contributed by atoms with Crippen molar-refractivity contribution in [3.05, 3.63) is 23.8 Å². The number of allylic oxidation sites excluding steroid dienone is 3. The van der Waals surface area contributed by atoms with Crippen LogP contribution in [0.1, 0.15) is 44.9 Å². The van der Waals surface area contributed by atoms with Crippen LogP contribution in [0.4, 0.5) is 0 Å². The predicted molar refractivity (Wildman–Crippen MR) is 78.4 cm³/mol. The van der Waals surface area contributed by atoms with Gasteiger partial charge in [0.15, 0.2) is 0 Å². The van der Waals surface area contributed by atoms with Crippen molar-refractivity contribution in [3.63, 3.8) is 0 Å². The van der Waals surface area contributed by atoms with Crippen LogP contribution in [-0.2, 0) is 28.8 Å². The first-order chi connectivity index (χ1) is 11.1. The Labute approximate surface area is 133 Å². The molecule has 0 saturated carbocycles. The van der Waals surface area contributed by atoms with Gasteiger partial charge in [0, 0.05) is 19.3 Å². The maximum absolute atomic E-state index is 11.5. The largest absolute Gasteiger partial charge is 0.465 e. The molecule has 1 aliphatic heterocycles. The first-order valence-electron chi connectivity index (χ1n) is 7.63. The van der Waals surface area contributed by atoms with E-state index in [1.807, 2.05) is 12.2 Å². The Morgan fingerprint density at radius 3 is 2.39 bits per heavy atom. The van der Waals surface area contributed by atoms with E-state index >= 15 is 0 Å². The molecule has 0 spiro atoms. The molecule has 0 atom stereocenters. The van der Waals surface area contributed by atoms with Crippen molar-refractivity contribution >= 4 is 23.8 Å². The number of ether oxygens (including phenoxy) is 1. The minimum atomic E-state index is -0.800. The number of esters is 1. The fraction of sp³-hybridized carbons (Fsp3) is 0.500. The Hall–Kier alpha value is -2.44. The average molecular weight is 321 g/mol. The van der Waals surface area contributed by atoms with Crippen LogP contribution in [-0.4, -0.2) is 35.4 Å². The molecule has 0 bridgehead atoms. The number of carbonyl (C=O) groups excluding carboxylic acids is 4. The summed E-state index contributed by atoms with van der Waals surface area (Å²) >= 11 is 0. The van der Waals surface area contributed by atoms with E-state index in [9.17, 15) is 19.2 Å². The van der Waals surface area contributed by atoms with Crippen LogP contribution in [0.2, 0.25) is 0 Å². The highest BCUT2D eigenvalue weighted by molar-refractivity contribution is 6.01. The summed E-state index contributed by atoms with van der Waals surface area (Å²) in [4.78, 5) is 50.3. The van der Waals surface area contributed by atoms with Crippen LogP contribution < -0.4 is 0 Å². The summed E-state index contributed by atoms with van der Waals surface area (Å²) in [5.41, 5.74) is 1.23. The molecule has 7 heteroatoms. The number of hydroxylamine groups is 2. The molecule has 2 aliphatic rings. The average Bonchev–Trinajstić information content (AvgIpc) is 2.86. The minimum Gasteiger partial charge on any atom is -0.465 e. The van der Waals surface area contributed by atoms with Crippen LogP contribution in [0.15, 0.2) is 23.8 Å². The highest BCUT2D eigenvalue weighted by Crippen LogP contribution is 2.15. The van der Waals surface area contributed by atoms with Gasteiger partial charge in [0.1, 0.15) is 0 Å². The zero-order valence-corrected chi connectivity index (χ0v) is 12.8. The molecule has 2 amide bonds. The number of nitrogens with zero attached hydrogens (tertiary/aromatic N) is 1. The van der Waals surface area contributed by atoms with Crippen molar-refractivity contribution in [1.29, 1.82) is 0 Å². The smallest absolute Gasteiger partial charge is 0.333 e. The molecular formula is C16H19NO6. The van der Waals surface area contributed by atoms with Gasteiger partial charge in [-0.2, -0.15) is 0 Å². The van der Waals surface area contributed by atoms with Gasteiger partial charge in [-0.1, -0.05) is 23.8 Å². The van der Waals surface area contributed by atoms with Gasteiger partial charge in [-0.15, -0.1) is 5.06 Å². The summed E-state index contributed by atoms with van der Waals surface area (Å²) in [5.74, 6) is -2.39. The summed E-state index contributed by atoms with van der Waals surface area (Å²) in [6.45, 7) is 0.274. The highest BCUT2D eigenvalue weighted by atomic mass is 16.7. The minimum absolute atomic E-state index is 0.0409. The van der Waals surface area contributed by atoms with Crippen LogP contribution in [0.25, 0.3) is 0 Å². The third-order valence-corrected chi connectivity index (χ3v) is 3.52. The van der Waals surface area contributed by atoms with Gasteiger partial charge >= 0.3 is 11.9 Å². The van der Waals surface area contributed by atoms with Gasteiger partial charge in [-0.25, -0.2) is 4.79 Å². The number of amides is 2. The lowest BCUT2D eigenvalue weighted by Crippen LogP contribution is -2.32. The molecule has 0 aromatic carbocycles. The topological polar surface area (TPSA) is 90.0 Å². The summed E-state index contributed by atoms with van der Waals surface area (Å²) in [6.07, 6.45) is 8.43. The van der Waals surface area contributed by atoms with Crippen molar-refractivity contribution in [2.45, 2.75) is 44.9 Å². The van der Waals surface area contributed by atoms with Crippen LogP contribution in [0, 0.1) is 0 Å². The van der Waals surface area contributed by atoms with Gasteiger partial charge < -0.3 is 9.57 Å². The lowest BCUT2D eigenvalue weighted by Gasteiger charge is -2.12. The number of rotatable bonds is 7. The van der Waals surface area contributed by atoms with Crippen molar-refractivity contribution in [1.82, 2.24) is 5.06 Å². The Bertz CT molecular complexity index is 547. The molecular weight excluding hydrogens is 302 g/mol. The molecule has 0 radical (unpaired) electrons. The summed E-state index contributed by atoms with van der Waals surface area (Å²) in [6, 6.07) is 0. The number of imide groups is 1. The lowest BCUT2D eigenvalue weighted by atomic mass is 10.0. The van der Waals surface area contributed by atoms with Crippen LogP contribution in [0.5, 0.6) is 0 Å². The quantitative estimate of drug-likeness (QED) is 0.522. The predicted octanol–water partition coefficient (Wildman–Crippen LogP) is 1.58. The van der Waals surface area contributed by atoms with E-state index in [0.717, 1.165) is 12.8 Å². The second-order valence-electron chi connectivity index (χ2n) is 5.31. The molecule has 1 heterocycles. The first-order valence-corrected chi connectivity index (χ1v) is 7.63. The van der Waals surface area contributed by atoms with E-state index in [-0.39, 0.29) is 32.3 Å². The lowest BCUT2D eigenvalue weighted by molar-refractivity contribution is -0.197. The Kier molecular flexibility index (Phi) is 6.08. The molecule has 7 nitrogen and oxygen atoms in total. The van der Waals surface area contributed by atoms with Crippen molar-refractivity contribution in [2.75, 3.05) is 6.61 Å². The van der Waals surface area contributed by atoms with E-state index in [0.29, 0.717) is 11.5 Å². The normalized spacial score (nSPS) is 17.2. The molecule has 23 heavy (non-hydrogen) atoms. The SMILES string of the molecule is O=C(CCC(=O)ON1C(=O)CCC1=O)OCCC1=CC=CCC1. The van der Waals surface area contributed by atoms with E-state index in [1.165, 1.54) is 5.57 Å². The van der Waals surface area contributed by atoms with E-state index < -0.39 is 23.8 Å². The summed E-state index contributed by atoms with van der Waals surface area (Å²) in [5, 5.41) is 0.469. The van der Waals surface area contributed by atoms with Gasteiger partial charge in [0.2, 0.25) is 0 Å². The van der Waals surface area contributed by atoms with Crippen LogP contribution in [0.3, 0.4) is 0 Å². The van der Waals surface area contributed by atoms with Gasteiger partial charge in [-0.05, 0) is 12.8 Å². The van der Waals surface area contributed by atoms with Gasteiger partial charge in [-0.3, -0.25) is 14.4 Å². The van der Waals surface area contributed by atoms with Crippen LogP contribution >= 0.6 is 0 Å². The van der Waals surface area contributed by atoms with Gasteiger partial charge in [0.25, 0.3) is 11.8 Å². The molecule has 1 fully saturated rings. The third kappa shape index (κ3) is 5.36. The standard InChI is InChI=1S/C16H19NO6/c18-13-6-7-14(19)17(13)23-16(21)9-8-15(20)22-11-10-12-4-2-1-3-5-12/h1-2,4H,3,5-11H2. The van der Waals surface area contributed by atoms with Gasteiger partial charge in [0.05, 0.1) is 19.4 Å². The fourth-order valence-corrected chi connectivity index (χ4v) is 2.24. The molecule has 0 aromatic rings. The molecule has 0 N–H and O–H groups in total. The van der Waals surface area contributed by atoms with E-state index in [2.05, 4.69) is 10.9 Å². The molecule has 0 unspecified atom stereocenters. The number of hydrogen-bond donors (Lipinski definition) is 0. The number of carbonyl (C=O) groups is 4. The maximum Gasteiger partial charge on any atom is 0.333 e. The first kappa shape index (κ1) is 16.9. The molecule has 1 aliphatic carbocycles. The molecule has 124 valence electrons. The Balaban J connectivity index is 1.61. The van der Waals surface area contributed by atoms with Crippen molar-refractivity contribution in [3.8, 4) is 0 Å². The van der Waals surface area contributed by atoms with E-state index in [1.54, 1.807) is 0 Å². The molecule has 2 rings (SSSR count). The Morgan fingerprint density at radius 1 is 1.04 bits per heavy atom. The van der Waals surface area contributed by atoms with Crippen molar-refractivity contribution < 1.29 is 28.8 Å². The number of hydrogen-bond acceptors (Lipinski definition) is 6. The second-order valence-corrected chi connectivity index (χ2v) is 5.31. The zero-order chi connectivity index (χ0) is 16.7. The fourth-order valence-electron chi connectivity index (χ4n) is 2.24. The molecule has 1 saturated heterocycles. The monoisotopic (exact) mass is 321 g/mol. The van der Waals surface area contributed by atoms with E-state index in [4.69, 9.17) is 4.74 Å². The highest BCUT2D eigenvalue weighted by Gasteiger charge is 2.32. The Morgan fingerprint density at radius 2 is 1.74 bits per heavy atom. The van der Waals surface area contributed by atoms with Crippen molar-refractivity contribution in [2.24, 2.45) is 0 Å². The zero-order valence-electron chi connectivity index (χ0n) is 12.8. The molecule has 0 aromatic heterocycles. The summed E-state index contributed by atoms with van der Waals surface area (Å²) < 4.78 is 5.05.